The number of rotatable bonds is 5. The molecule has 0 radical (unpaired) electrons. The van der Waals surface area contributed by atoms with Gasteiger partial charge in [0, 0.05) is 0 Å². The van der Waals surface area contributed by atoms with Gasteiger partial charge in [0.1, 0.15) is 0 Å². The van der Waals surface area contributed by atoms with Gasteiger partial charge in [0.15, 0.2) is 5.60 Å². The van der Waals surface area contributed by atoms with Crippen LogP contribution >= 0.6 is 0 Å². The molecule has 0 saturated heterocycles. The molecule has 0 aliphatic heterocycles. The molecule has 0 bridgehead atoms. The number of carboxylic acids is 3. The monoisotopic (exact) mass is 280 g/mol. The molecule has 0 unspecified atom stereocenters. The second-order valence-corrected chi connectivity index (χ2v) is 2.48. The van der Waals surface area contributed by atoms with E-state index in [1.54, 1.807) is 0 Å². The Morgan fingerprint density at radius 3 is 1.36 bits per heavy atom. The second-order valence-electron chi connectivity index (χ2n) is 2.48. The summed E-state index contributed by atoms with van der Waals surface area (Å²) in [7, 11) is 0. The molecule has 0 rings (SSSR count). The molecule has 0 aliphatic rings. The van der Waals surface area contributed by atoms with E-state index in [2.05, 4.69) is 0 Å². The van der Waals surface area contributed by atoms with Crippen LogP contribution in [0.3, 0.4) is 0 Å². The van der Waals surface area contributed by atoms with Gasteiger partial charge in [-0.1, -0.05) is 0 Å². The summed E-state index contributed by atoms with van der Waals surface area (Å²) in [5, 5.41) is 33.8. The average molecular weight is 280 g/mol. The fourth-order valence-corrected chi connectivity index (χ4v) is 0.714. The Balaban J connectivity index is 0. The van der Waals surface area contributed by atoms with Crippen LogP contribution in [-0.2, 0) is 14.4 Å². The van der Waals surface area contributed by atoms with Crippen molar-refractivity contribution >= 4 is 63.4 Å². The van der Waals surface area contributed by atoms with Crippen molar-refractivity contribution in [2.45, 2.75) is 18.4 Å². The summed E-state index contributed by atoms with van der Waals surface area (Å²) in [6, 6.07) is 0. The van der Waals surface area contributed by atoms with E-state index in [0.717, 1.165) is 0 Å². The molecule has 0 aliphatic carbocycles. The van der Waals surface area contributed by atoms with Crippen molar-refractivity contribution in [2.24, 2.45) is 0 Å². The molecule has 7 nitrogen and oxygen atoms in total. The fourth-order valence-electron chi connectivity index (χ4n) is 0.714. The normalized spacial score (nSPS) is 10.1. The van der Waals surface area contributed by atoms with Crippen molar-refractivity contribution in [3.8, 4) is 0 Å². The van der Waals surface area contributed by atoms with Crippen molar-refractivity contribution in [2.75, 3.05) is 0 Å². The van der Waals surface area contributed by atoms with Crippen LogP contribution in [0.25, 0.3) is 0 Å². The molecule has 74 valence electrons. The minimum atomic E-state index is -2.74. The summed E-state index contributed by atoms with van der Waals surface area (Å²) >= 11 is 0. The van der Waals surface area contributed by atoms with Gasteiger partial charge in [0.05, 0.1) is 12.8 Å². The van der Waals surface area contributed by atoms with Crippen LogP contribution in [-0.4, -0.2) is 89.4 Å². The molecule has 0 fully saturated rings. The Morgan fingerprint density at radius 1 is 0.929 bits per heavy atom. The van der Waals surface area contributed by atoms with Gasteiger partial charge < -0.3 is 20.4 Å². The van der Waals surface area contributed by atoms with Crippen LogP contribution in [0.4, 0.5) is 0 Å². The Hall–Kier alpha value is -0.149. The third kappa shape index (κ3) is 5.55. The predicted octanol–water partition coefficient (Wildman–Crippen LogP) is -1.63. The Kier molecular flexibility index (Phi) is 7.39. The number of hydrogen-bond acceptors (Lipinski definition) is 4. The smallest absolute Gasteiger partial charge is 0.481 e. The van der Waals surface area contributed by atoms with E-state index >= 15 is 0 Å². The van der Waals surface area contributed by atoms with Crippen molar-refractivity contribution in [3.05, 3.63) is 0 Å². The van der Waals surface area contributed by atoms with Gasteiger partial charge in [-0.25, -0.2) is 4.79 Å². The first-order chi connectivity index (χ1) is 5.78. The Morgan fingerprint density at radius 2 is 1.21 bits per heavy atom. The van der Waals surface area contributed by atoms with Gasteiger partial charge in [-0.15, -0.1) is 0 Å². The second kappa shape index (κ2) is 6.36. The molecule has 0 amide bonds. The standard InChI is InChI=1S/C6H8O7.Sr/c7-3(8)1-6(13,5(11)12)2-4(9)10;/h13H,1-2H2,(H,7,8)(H,9,10)(H,11,12);/q;+2. The maximum atomic E-state index is 10.3. The summed E-state index contributed by atoms with van der Waals surface area (Å²) in [5.74, 6) is -5.02. The molecule has 8 heteroatoms. The zero-order valence-electron chi connectivity index (χ0n) is 7.13. The molecular weight excluding hydrogens is 272 g/mol. The van der Waals surface area contributed by atoms with Gasteiger partial charge in [-0.3, -0.25) is 9.59 Å². The maximum absolute atomic E-state index is 10.3. The van der Waals surface area contributed by atoms with Crippen LogP contribution in [0, 0.1) is 0 Å². The number of carboxylic acid groups (broad SMARTS) is 3. The summed E-state index contributed by atoms with van der Waals surface area (Å²) < 4.78 is 0. The fraction of sp³-hybridized carbons (Fsp3) is 0.500. The van der Waals surface area contributed by atoms with E-state index in [4.69, 9.17) is 20.4 Å². The zero-order chi connectivity index (χ0) is 10.6. The van der Waals surface area contributed by atoms with E-state index in [9.17, 15) is 14.4 Å². The molecule has 14 heavy (non-hydrogen) atoms. The minimum absolute atomic E-state index is 0. The van der Waals surface area contributed by atoms with Crippen LogP contribution in [0.1, 0.15) is 12.8 Å². The molecule has 0 aromatic rings. The van der Waals surface area contributed by atoms with Crippen molar-refractivity contribution in [1.29, 1.82) is 0 Å². The quantitative estimate of drug-likeness (QED) is 0.444. The van der Waals surface area contributed by atoms with Crippen LogP contribution in [0.5, 0.6) is 0 Å². The third-order valence-electron chi connectivity index (χ3n) is 1.29. The molecule has 0 aromatic carbocycles. The topological polar surface area (TPSA) is 132 Å². The number of carbonyl (C=O) groups is 3. The summed E-state index contributed by atoms with van der Waals surface area (Å²) in [4.78, 5) is 30.5. The van der Waals surface area contributed by atoms with Crippen molar-refractivity contribution < 1.29 is 34.8 Å². The largest absolute Gasteiger partial charge is 2.00 e. The number of hydrogen-bond donors (Lipinski definition) is 4. The van der Waals surface area contributed by atoms with E-state index in [0.29, 0.717) is 0 Å². The zero-order valence-corrected chi connectivity index (χ0v) is 10.6. The van der Waals surface area contributed by atoms with Gasteiger partial charge in [-0.05, 0) is 0 Å². The Bertz CT molecular complexity index is 233. The first-order valence-corrected chi connectivity index (χ1v) is 3.17. The van der Waals surface area contributed by atoms with Crippen molar-refractivity contribution in [3.63, 3.8) is 0 Å². The Labute approximate surface area is 116 Å². The molecule has 0 aromatic heterocycles. The van der Waals surface area contributed by atoms with Gasteiger partial charge in [-0.2, -0.15) is 0 Å². The van der Waals surface area contributed by atoms with E-state index in [1.165, 1.54) is 0 Å². The average Bonchev–Trinajstić information content (AvgIpc) is 1.82. The maximum Gasteiger partial charge on any atom is 2.00 e. The summed E-state index contributed by atoms with van der Waals surface area (Å²) in [6.07, 6.45) is -2.29. The first-order valence-electron chi connectivity index (χ1n) is 3.17. The van der Waals surface area contributed by atoms with E-state index in [1.807, 2.05) is 0 Å². The minimum Gasteiger partial charge on any atom is -0.481 e. The first kappa shape index (κ1) is 16.3. The third-order valence-corrected chi connectivity index (χ3v) is 1.29. The van der Waals surface area contributed by atoms with Crippen LogP contribution in [0.15, 0.2) is 0 Å². The molecule has 4 N–H and O–H groups in total. The van der Waals surface area contributed by atoms with E-state index in [-0.39, 0.29) is 45.5 Å². The van der Waals surface area contributed by atoms with Crippen LogP contribution < -0.4 is 0 Å². The van der Waals surface area contributed by atoms with Gasteiger partial charge >= 0.3 is 63.4 Å². The summed E-state index contributed by atoms with van der Waals surface area (Å²) in [6.45, 7) is 0. The van der Waals surface area contributed by atoms with Gasteiger partial charge in [0.2, 0.25) is 0 Å². The summed E-state index contributed by atoms with van der Waals surface area (Å²) in [5.41, 5.74) is -2.74. The number of aliphatic carboxylic acids is 3. The molecule has 0 saturated carbocycles. The SMILES string of the molecule is O=C(O)CC(O)(CC(=O)O)C(=O)O.[Sr+2]. The predicted molar refractivity (Wildman–Crippen MR) is 42.8 cm³/mol. The number of aliphatic hydroxyl groups is 1. The van der Waals surface area contributed by atoms with Crippen LogP contribution in [0.2, 0.25) is 0 Å². The van der Waals surface area contributed by atoms with E-state index < -0.39 is 36.4 Å². The van der Waals surface area contributed by atoms with Crippen molar-refractivity contribution in [1.82, 2.24) is 0 Å². The molecule has 0 heterocycles. The molecular formula is C6H8O7Sr+2. The molecule has 0 spiro atoms. The van der Waals surface area contributed by atoms with Gasteiger partial charge in [0.25, 0.3) is 0 Å². The molecule has 0 atom stereocenters.